The number of hydrogen-bond donors (Lipinski definition) is 4. The Bertz CT molecular complexity index is 1020. The van der Waals surface area contributed by atoms with Crippen molar-refractivity contribution in [3.05, 3.63) is 84.4 Å². The third kappa shape index (κ3) is 5.88. The van der Waals surface area contributed by atoms with Crippen molar-refractivity contribution in [1.29, 1.82) is 0 Å². The molecule has 3 rings (SSSR count). The summed E-state index contributed by atoms with van der Waals surface area (Å²) in [7, 11) is 0. The molecule has 0 heterocycles. The van der Waals surface area contributed by atoms with Crippen LogP contribution in [-0.2, 0) is 4.79 Å². The van der Waals surface area contributed by atoms with Crippen LogP contribution in [0.3, 0.4) is 0 Å². The third-order valence-electron chi connectivity index (χ3n) is 3.91. The molecule has 0 bridgehead atoms. The second-order valence-electron chi connectivity index (χ2n) is 6.20. The highest BCUT2D eigenvalue weighted by Crippen LogP contribution is 2.21. The Morgan fingerprint density at radius 1 is 0.724 bits per heavy atom. The molecule has 0 saturated heterocycles. The summed E-state index contributed by atoms with van der Waals surface area (Å²) in [6.07, 6.45) is 0. The van der Waals surface area contributed by atoms with E-state index >= 15 is 0 Å². The molecule has 0 saturated carbocycles. The highest BCUT2D eigenvalue weighted by molar-refractivity contribution is 7.80. The Hall–Kier alpha value is -3.71. The predicted molar refractivity (Wildman–Crippen MR) is 121 cm³/mol. The van der Waals surface area contributed by atoms with Gasteiger partial charge in [-0.15, -0.1) is 0 Å². The van der Waals surface area contributed by atoms with Crippen LogP contribution in [0.25, 0.3) is 0 Å². The van der Waals surface area contributed by atoms with Gasteiger partial charge < -0.3 is 21.3 Å². The first-order chi connectivity index (χ1) is 14.0. The van der Waals surface area contributed by atoms with Crippen LogP contribution in [0.15, 0.2) is 78.9 Å². The molecule has 7 heteroatoms. The first-order valence-corrected chi connectivity index (χ1v) is 9.33. The van der Waals surface area contributed by atoms with E-state index in [9.17, 15) is 9.59 Å². The smallest absolute Gasteiger partial charge is 0.257 e. The van der Waals surface area contributed by atoms with Gasteiger partial charge in [0.25, 0.3) is 5.91 Å². The monoisotopic (exact) mass is 404 g/mol. The van der Waals surface area contributed by atoms with E-state index in [-0.39, 0.29) is 16.9 Å². The SMILES string of the molecule is CC(=O)NC(=S)Nc1ccccc1C(=O)Nc1ccc(Nc2ccccc2)cc1. The van der Waals surface area contributed by atoms with Gasteiger partial charge >= 0.3 is 0 Å². The maximum absolute atomic E-state index is 12.7. The standard InChI is InChI=1S/C22H20N4O2S/c1-15(27)23-22(29)26-20-10-6-5-9-19(20)21(28)25-18-13-11-17(12-14-18)24-16-7-3-2-4-8-16/h2-14,24H,1H3,(H,25,28)(H2,23,26,27,29). The molecule has 6 nitrogen and oxygen atoms in total. The summed E-state index contributed by atoms with van der Waals surface area (Å²) in [5.74, 6) is -0.573. The number of anilines is 4. The zero-order valence-corrected chi connectivity index (χ0v) is 16.5. The molecule has 4 N–H and O–H groups in total. The Balaban J connectivity index is 1.67. The van der Waals surface area contributed by atoms with Crippen molar-refractivity contribution in [1.82, 2.24) is 5.32 Å². The molecular formula is C22H20N4O2S. The fourth-order valence-electron chi connectivity index (χ4n) is 2.63. The van der Waals surface area contributed by atoms with Crippen LogP contribution >= 0.6 is 12.2 Å². The summed E-state index contributed by atoms with van der Waals surface area (Å²) >= 11 is 5.07. The first kappa shape index (κ1) is 20.0. The Kier molecular flexibility index (Phi) is 6.55. The summed E-state index contributed by atoms with van der Waals surface area (Å²) in [5.41, 5.74) is 3.47. The van der Waals surface area contributed by atoms with Crippen LogP contribution in [0, 0.1) is 0 Å². The van der Waals surface area contributed by atoms with Gasteiger partial charge in [-0.2, -0.15) is 0 Å². The summed E-state index contributed by atoms with van der Waals surface area (Å²) in [6.45, 7) is 1.36. The molecule has 0 fully saturated rings. The quantitative estimate of drug-likeness (QED) is 0.470. The molecular weight excluding hydrogens is 384 g/mol. The molecule has 0 aliphatic carbocycles. The predicted octanol–water partition coefficient (Wildman–Crippen LogP) is 4.52. The minimum absolute atomic E-state index is 0.133. The van der Waals surface area contributed by atoms with Crippen LogP contribution in [0.2, 0.25) is 0 Å². The number of para-hydroxylation sites is 2. The van der Waals surface area contributed by atoms with Gasteiger partial charge in [0.1, 0.15) is 0 Å². The maximum Gasteiger partial charge on any atom is 0.257 e. The van der Waals surface area contributed by atoms with E-state index in [0.717, 1.165) is 11.4 Å². The van der Waals surface area contributed by atoms with E-state index in [1.54, 1.807) is 24.3 Å². The molecule has 0 aliphatic rings. The summed E-state index contributed by atoms with van der Waals surface area (Å²) < 4.78 is 0. The fourth-order valence-corrected chi connectivity index (χ4v) is 2.88. The Morgan fingerprint density at radius 2 is 1.31 bits per heavy atom. The number of thiocarbonyl (C=S) groups is 1. The van der Waals surface area contributed by atoms with Crippen molar-refractivity contribution in [2.45, 2.75) is 6.92 Å². The van der Waals surface area contributed by atoms with Crippen molar-refractivity contribution >= 4 is 51.9 Å². The minimum Gasteiger partial charge on any atom is -0.356 e. The fraction of sp³-hybridized carbons (Fsp3) is 0.0455. The number of amides is 2. The number of rotatable bonds is 5. The summed E-state index contributed by atoms with van der Waals surface area (Å²) in [6, 6.07) is 24.2. The second kappa shape index (κ2) is 9.48. The summed E-state index contributed by atoms with van der Waals surface area (Å²) in [5, 5.41) is 11.6. The van der Waals surface area contributed by atoms with Crippen LogP contribution < -0.4 is 21.3 Å². The lowest BCUT2D eigenvalue weighted by molar-refractivity contribution is -0.117. The number of benzene rings is 3. The molecule has 3 aromatic rings. The second-order valence-corrected chi connectivity index (χ2v) is 6.61. The molecule has 0 radical (unpaired) electrons. The van der Waals surface area contributed by atoms with Gasteiger partial charge in [-0.1, -0.05) is 30.3 Å². The van der Waals surface area contributed by atoms with Gasteiger partial charge in [0.2, 0.25) is 5.91 Å². The zero-order valence-electron chi connectivity index (χ0n) is 15.7. The number of carbonyl (C=O) groups is 2. The van der Waals surface area contributed by atoms with Crippen LogP contribution in [0.5, 0.6) is 0 Å². The van der Waals surface area contributed by atoms with Crippen molar-refractivity contribution < 1.29 is 9.59 Å². The van der Waals surface area contributed by atoms with Crippen LogP contribution in [0.1, 0.15) is 17.3 Å². The van der Waals surface area contributed by atoms with E-state index in [0.29, 0.717) is 16.9 Å². The highest BCUT2D eigenvalue weighted by Gasteiger charge is 2.12. The zero-order chi connectivity index (χ0) is 20.6. The molecule has 146 valence electrons. The number of hydrogen-bond acceptors (Lipinski definition) is 4. The highest BCUT2D eigenvalue weighted by atomic mass is 32.1. The molecule has 0 aromatic heterocycles. The molecule has 29 heavy (non-hydrogen) atoms. The van der Waals surface area contributed by atoms with Gasteiger partial charge in [0, 0.05) is 24.0 Å². The number of carbonyl (C=O) groups excluding carboxylic acids is 2. The maximum atomic E-state index is 12.7. The van der Waals surface area contributed by atoms with Crippen molar-refractivity contribution in [2.24, 2.45) is 0 Å². The van der Waals surface area contributed by atoms with E-state index in [1.165, 1.54) is 6.92 Å². The lowest BCUT2D eigenvalue weighted by atomic mass is 10.1. The average Bonchev–Trinajstić information content (AvgIpc) is 2.70. The van der Waals surface area contributed by atoms with Gasteiger partial charge in [0.15, 0.2) is 5.11 Å². The normalized spacial score (nSPS) is 9.97. The van der Waals surface area contributed by atoms with Crippen LogP contribution in [0.4, 0.5) is 22.7 Å². The van der Waals surface area contributed by atoms with Gasteiger partial charge in [-0.05, 0) is 60.7 Å². The lowest BCUT2D eigenvalue weighted by Crippen LogP contribution is -2.32. The van der Waals surface area contributed by atoms with Gasteiger partial charge in [0.05, 0.1) is 11.3 Å². The third-order valence-corrected chi connectivity index (χ3v) is 4.12. The van der Waals surface area contributed by atoms with Gasteiger partial charge in [-0.25, -0.2) is 0 Å². The Morgan fingerprint density at radius 3 is 2.00 bits per heavy atom. The van der Waals surface area contributed by atoms with Gasteiger partial charge in [-0.3, -0.25) is 9.59 Å². The van der Waals surface area contributed by atoms with E-state index in [2.05, 4.69) is 21.3 Å². The van der Waals surface area contributed by atoms with E-state index in [1.807, 2.05) is 54.6 Å². The molecule has 2 amide bonds. The lowest BCUT2D eigenvalue weighted by Gasteiger charge is -2.13. The Labute approximate surface area is 174 Å². The largest absolute Gasteiger partial charge is 0.356 e. The molecule has 0 spiro atoms. The molecule has 3 aromatic carbocycles. The number of nitrogens with one attached hydrogen (secondary N) is 4. The van der Waals surface area contributed by atoms with E-state index < -0.39 is 0 Å². The van der Waals surface area contributed by atoms with Crippen LogP contribution in [-0.4, -0.2) is 16.9 Å². The average molecular weight is 404 g/mol. The summed E-state index contributed by atoms with van der Waals surface area (Å²) in [4.78, 5) is 23.8. The first-order valence-electron chi connectivity index (χ1n) is 8.92. The van der Waals surface area contributed by atoms with E-state index in [4.69, 9.17) is 12.2 Å². The topological polar surface area (TPSA) is 82.3 Å². The van der Waals surface area contributed by atoms with Crippen molar-refractivity contribution in [3.63, 3.8) is 0 Å². The van der Waals surface area contributed by atoms with Crippen molar-refractivity contribution in [2.75, 3.05) is 16.0 Å². The molecule has 0 unspecified atom stereocenters. The minimum atomic E-state index is -0.289. The van der Waals surface area contributed by atoms with Crippen molar-refractivity contribution in [3.8, 4) is 0 Å². The molecule has 0 aliphatic heterocycles. The molecule has 0 atom stereocenters.